The molecule has 0 spiro atoms. The maximum Gasteiger partial charge on any atom is 0.167 e. The van der Waals surface area contributed by atoms with E-state index >= 15 is 0 Å². The molecule has 18 heavy (non-hydrogen) atoms. The van der Waals surface area contributed by atoms with Crippen LogP contribution < -0.4 is 4.90 Å². The largest absolute Gasteiger partial charge is 0.353 e. The van der Waals surface area contributed by atoms with Crippen LogP contribution in [0, 0.1) is 5.82 Å². The Labute approximate surface area is 116 Å². The molecule has 2 heterocycles. The number of hydrogen-bond acceptors (Lipinski definition) is 3. The van der Waals surface area contributed by atoms with Crippen molar-refractivity contribution < 1.29 is 4.39 Å². The highest BCUT2D eigenvalue weighted by Crippen LogP contribution is 2.20. The van der Waals surface area contributed by atoms with Crippen LogP contribution in [0.4, 0.5) is 10.2 Å². The van der Waals surface area contributed by atoms with Gasteiger partial charge in [-0.1, -0.05) is 11.6 Å². The zero-order valence-corrected chi connectivity index (χ0v) is 11.6. The van der Waals surface area contributed by atoms with E-state index < -0.39 is 0 Å². The molecular weight excluding hydrogens is 276 g/mol. The first-order chi connectivity index (χ1) is 8.70. The fourth-order valence-electron chi connectivity index (χ4n) is 2.17. The summed E-state index contributed by atoms with van der Waals surface area (Å²) in [6.45, 7) is 4.34. The predicted octanol–water partition coefficient (Wildman–Crippen LogP) is 2.63. The van der Waals surface area contributed by atoms with Crippen molar-refractivity contribution in [3.05, 3.63) is 23.1 Å². The average molecular weight is 292 g/mol. The molecule has 0 aromatic carbocycles. The number of rotatable bonds is 3. The molecule has 0 N–H and O–H groups in total. The van der Waals surface area contributed by atoms with Crippen LogP contribution >= 0.6 is 23.2 Å². The third-order valence-electron chi connectivity index (χ3n) is 3.08. The zero-order valence-electron chi connectivity index (χ0n) is 10.1. The Hall–Kier alpha value is -0.580. The summed E-state index contributed by atoms with van der Waals surface area (Å²) in [6, 6.07) is 1.31. The fraction of sp³-hybridized carbons (Fsp3) is 0.583. The molecule has 1 aliphatic heterocycles. The Kier molecular flexibility index (Phi) is 5.03. The van der Waals surface area contributed by atoms with Crippen molar-refractivity contribution in [1.29, 1.82) is 0 Å². The molecule has 0 amide bonds. The number of pyridine rings is 1. The molecule has 0 bridgehead atoms. The minimum absolute atomic E-state index is 0.329. The normalized spacial score (nSPS) is 17.8. The lowest BCUT2D eigenvalue weighted by Crippen LogP contribution is -2.32. The smallest absolute Gasteiger partial charge is 0.167 e. The van der Waals surface area contributed by atoms with E-state index in [1.165, 1.54) is 12.3 Å². The molecule has 1 aliphatic rings. The van der Waals surface area contributed by atoms with Crippen LogP contribution in [0.1, 0.15) is 6.42 Å². The summed E-state index contributed by atoms with van der Waals surface area (Å²) in [7, 11) is 0. The molecule has 3 nitrogen and oxygen atoms in total. The van der Waals surface area contributed by atoms with Gasteiger partial charge in [-0.3, -0.25) is 0 Å². The number of anilines is 1. The Morgan fingerprint density at radius 2 is 2.11 bits per heavy atom. The first-order valence-corrected chi connectivity index (χ1v) is 6.96. The molecule has 100 valence electrons. The van der Waals surface area contributed by atoms with E-state index in [4.69, 9.17) is 23.2 Å². The van der Waals surface area contributed by atoms with Crippen LogP contribution in [0.15, 0.2) is 12.3 Å². The van der Waals surface area contributed by atoms with Crippen LogP contribution in [0.25, 0.3) is 0 Å². The van der Waals surface area contributed by atoms with Gasteiger partial charge in [0.05, 0.1) is 5.02 Å². The van der Waals surface area contributed by atoms with Gasteiger partial charge in [-0.05, 0) is 19.0 Å². The van der Waals surface area contributed by atoms with Gasteiger partial charge in [0, 0.05) is 38.3 Å². The van der Waals surface area contributed by atoms with E-state index in [0.717, 1.165) is 39.1 Å². The molecular formula is C12H16Cl2FN3. The first-order valence-electron chi connectivity index (χ1n) is 6.05. The van der Waals surface area contributed by atoms with Crippen LogP contribution in [-0.2, 0) is 0 Å². The standard InChI is InChI=1S/C12H16Cl2FN3/c13-2-5-17-3-1-4-18(7-6-17)12-11(15)8-10(14)9-16-12/h8-9H,1-7H2. The highest BCUT2D eigenvalue weighted by Gasteiger charge is 2.18. The molecule has 0 radical (unpaired) electrons. The van der Waals surface area contributed by atoms with Crippen molar-refractivity contribution >= 4 is 29.0 Å². The van der Waals surface area contributed by atoms with Gasteiger partial charge in [-0.15, -0.1) is 11.6 Å². The second kappa shape index (κ2) is 6.55. The maximum absolute atomic E-state index is 13.8. The van der Waals surface area contributed by atoms with E-state index in [0.29, 0.717) is 16.7 Å². The maximum atomic E-state index is 13.8. The molecule has 6 heteroatoms. The van der Waals surface area contributed by atoms with E-state index in [1.54, 1.807) is 0 Å². The van der Waals surface area contributed by atoms with Gasteiger partial charge in [-0.2, -0.15) is 0 Å². The summed E-state index contributed by atoms with van der Waals surface area (Å²) >= 11 is 11.5. The van der Waals surface area contributed by atoms with Gasteiger partial charge < -0.3 is 9.80 Å². The zero-order chi connectivity index (χ0) is 13.0. The summed E-state index contributed by atoms with van der Waals surface area (Å²) in [4.78, 5) is 8.35. The first kappa shape index (κ1) is 13.8. The topological polar surface area (TPSA) is 19.4 Å². The van der Waals surface area contributed by atoms with Crippen LogP contribution in [0.3, 0.4) is 0 Å². The number of halogens is 3. The van der Waals surface area contributed by atoms with Gasteiger partial charge in [0.15, 0.2) is 11.6 Å². The van der Waals surface area contributed by atoms with Gasteiger partial charge in [-0.25, -0.2) is 9.37 Å². The Bertz CT molecular complexity index is 403. The van der Waals surface area contributed by atoms with Crippen LogP contribution in [0.2, 0.25) is 5.02 Å². The van der Waals surface area contributed by atoms with Crippen LogP contribution in [0.5, 0.6) is 0 Å². The number of aromatic nitrogens is 1. The molecule has 1 fully saturated rings. The molecule has 0 saturated carbocycles. The minimum Gasteiger partial charge on any atom is -0.353 e. The SMILES string of the molecule is Fc1cc(Cl)cnc1N1CCCN(CCCl)CC1. The summed E-state index contributed by atoms with van der Waals surface area (Å²) in [5.41, 5.74) is 0. The Morgan fingerprint density at radius 1 is 1.28 bits per heavy atom. The van der Waals surface area contributed by atoms with Gasteiger partial charge in [0.25, 0.3) is 0 Å². The lowest BCUT2D eigenvalue weighted by atomic mass is 10.3. The highest BCUT2D eigenvalue weighted by atomic mass is 35.5. The van der Waals surface area contributed by atoms with Gasteiger partial charge >= 0.3 is 0 Å². The van der Waals surface area contributed by atoms with Gasteiger partial charge in [0.2, 0.25) is 0 Å². The monoisotopic (exact) mass is 291 g/mol. The second-order valence-corrected chi connectivity index (χ2v) is 5.14. The van der Waals surface area contributed by atoms with Crippen molar-refractivity contribution in [2.75, 3.05) is 43.5 Å². The number of alkyl halides is 1. The molecule has 1 saturated heterocycles. The predicted molar refractivity (Wildman–Crippen MR) is 73.2 cm³/mol. The quantitative estimate of drug-likeness (QED) is 0.798. The minimum atomic E-state index is -0.353. The molecule has 1 aromatic heterocycles. The summed E-state index contributed by atoms with van der Waals surface area (Å²) in [6.07, 6.45) is 2.47. The Balaban J connectivity index is 2.05. The van der Waals surface area contributed by atoms with Crippen molar-refractivity contribution in [2.45, 2.75) is 6.42 Å². The molecule has 1 aromatic rings. The second-order valence-electron chi connectivity index (χ2n) is 4.33. The van der Waals surface area contributed by atoms with E-state index in [2.05, 4.69) is 9.88 Å². The average Bonchev–Trinajstić information content (AvgIpc) is 2.55. The fourth-order valence-corrected chi connectivity index (χ4v) is 2.55. The number of nitrogens with zero attached hydrogens (tertiary/aromatic N) is 3. The van der Waals surface area contributed by atoms with Gasteiger partial charge in [0.1, 0.15) is 0 Å². The third-order valence-corrected chi connectivity index (χ3v) is 3.45. The van der Waals surface area contributed by atoms with E-state index in [1.807, 2.05) is 4.90 Å². The summed E-state index contributed by atoms with van der Waals surface area (Å²) in [5.74, 6) is 0.675. The van der Waals surface area contributed by atoms with E-state index in [-0.39, 0.29) is 5.82 Å². The number of hydrogen-bond donors (Lipinski definition) is 0. The summed E-state index contributed by atoms with van der Waals surface area (Å²) < 4.78 is 13.8. The highest BCUT2D eigenvalue weighted by molar-refractivity contribution is 6.30. The molecule has 0 atom stereocenters. The lowest BCUT2D eigenvalue weighted by molar-refractivity contribution is 0.311. The Morgan fingerprint density at radius 3 is 2.83 bits per heavy atom. The van der Waals surface area contributed by atoms with E-state index in [9.17, 15) is 4.39 Å². The molecule has 0 aliphatic carbocycles. The van der Waals surface area contributed by atoms with Crippen molar-refractivity contribution in [1.82, 2.24) is 9.88 Å². The van der Waals surface area contributed by atoms with Crippen molar-refractivity contribution in [3.63, 3.8) is 0 Å². The lowest BCUT2D eigenvalue weighted by Gasteiger charge is -2.22. The third kappa shape index (κ3) is 3.46. The van der Waals surface area contributed by atoms with Crippen LogP contribution in [-0.4, -0.2) is 48.5 Å². The molecule has 0 unspecified atom stereocenters. The van der Waals surface area contributed by atoms with Crippen molar-refractivity contribution in [2.24, 2.45) is 0 Å². The summed E-state index contributed by atoms with van der Waals surface area (Å²) in [5, 5.41) is 0.329. The molecule has 2 rings (SSSR count). The van der Waals surface area contributed by atoms with Crippen molar-refractivity contribution in [3.8, 4) is 0 Å².